The Morgan fingerprint density at radius 1 is 0.417 bits per heavy atom. The first kappa shape index (κ1) is 59.2. The van der Waals surface area contributed by atoms with Crippen molar-refractivity contribution in [3.8, 4) is 0 Å². The van der Waals surface area contributed by atoms with Crippen molar-refractivity contribution in [2.75, 3.05) is 0 Å². The Bertz CT molecular complexity index is 78.4. The van der Waals surface area contributed by atoms with E-state index in [-0.39, 0.29) is 38.0 Å². The molecule has 0 aliphatic rings. The SMILES string of the molecule is [Br-].[C-]#[O+].[C-]#[O+].[C-]#[O+].[C-]#[O+].[C-]#[O+].[W]. The van der Waals surface area contributed by atoms with Crippen molar-refractivity contribution in [2.45, 2.75) is 0 Å². The normalized spacial score (nSPS) is 0.833. The Morgan fingerprint density at radius 3 is 0.417 bits per heavy atom. The predicted octanol–water partition coefficient (Wildman–Crippen LogP) is -3.19. The molecule has 0 heterocycles. The van der Waals surface area contributed by atoms with Crippen LogP contribution in [0.2, 0.25) is 0 Å². The standard InChI is InChI=1S/5CO.BrH.W/c5*1-2;;/h;;;;;1H;/p-1. The molecule has 7 heteroatoms. The summed E-state index contributed by atoms with van der Waals surface area (Å²) in [4.78, 5) is 0. The second kappa shape index (κ2) is 61000. The molecular formula is C5BrO5W-. The summed E-state index contributed by atoms with van der Waals surface area (Å²) in [5.41, 5.74) is 0. The molecule has 64 valence electrons. The molecule has 0 N–H and O–H groups in total. The fourth-order valence-corrected chi connectivity index (χ4v) is 0. The summed E-state index contributed by atoms with van der Waals surface area (Å²) in [7, 11) is 0. The Hall–Kier alpha value is -0.132. The van der Waals surface area contributed by atoms with E-state index in [2.05, 4.69) is 33.3 Å². The van der Waals surface area contributed by atoms with E-state index in [9.17, 15) is 0 Å². The molecule has 0 saturated carbocycles. The molecule has 0 saturated heterocycles. The topological polar surface area (TPSA) is 99.5 Å². The minimum absolute atomic E-state index is 0. The van der Waals surface area contributed by atoms with E-state index in [1.807, 2.05) is 0 Å². The van der Waals surface area contributed by atoms with Crippen LogP contribution in [0.15, 0.2) is 0 Å². The Labute approximate surface area is 94.5 Å². The van der Waals surface area contributed by atoms with Gasteiger partial charge < -0.3 is 17.0 Å². The molecular weight excluding hydrogens is 404 g/mol. The van der Waals surface area contributed by atoms with Crippen molar-refractivity contribution < 1.29 is 61.3 Å². The maximum atomic E-state index is 7.50. The number of halogens is 1. The van der Waals surface area contributed by atoms with E-state index in [4.69, 9.17) is 23.3 Å². The van der Waals surface area contributed by atoms with Gasteiger partial charge in [-0.05, 0) is 0 Å². The third kappa shape index (κ3) is 44800. The molecule has 0 unspecified atom stereocenters. The fourth-order valence-electron chi connectivity index (χ4n) is 0. The van der Waals surface area contributed by atoms with Gasteiger partial charge in [-0.1, -0.05) is 0 Å². The second-order valence-corrected chi connectivity index (χ2v) is 0. The Morgan fingerprint density at radius 2 is 0.417 bits per heavy atom. The van der Waals surface area contributed by atoms with Gasteiger partial charge >= 0.3 is 56.5 Å². The number of rotatable bonds is 0. The van der Waals surface area contributed by atoms with Gasteiger partial charge in [-0.3, -0.25) is 0 Å². The molecule has 0 aliphatic carbocycles. The quantitative estimate of drug-likeness (QED) is 0.301. The van der Waals surface area contributed by atoms with Crippen LogP contribution in [0.25, 0.3) is 0 Å². The molecule has 0 bridgehead atoms. The summed E-state index contributed by atoms with van der Waals surface area (Å²) in [5, 5.41) is 0. The van der Waals surface area contributed by atoms with E-state index < -0.39 is 0 Å². The molecule has 0 amide bonds. The number of hydrogen-bond acceptors (Lipinski definition) is 0. The Kier molecular flexibility index (Phi) is 301000. The van der Waals surface area contributed by atoms with E-state index in [1.54, 1.807) is 0 Å². The largest absolute Gasteiger partial charge is 0 e. The van der Waals surface area contributed by atoms with Crippen molar-refractivity contribution in [1.82, 2.24) is 0 Å². The second-order valence-electron chi connectivity index (χ2n) is 0. The molecule has 0 atom stereocenters. The van der Waals surface area contributed by atoms with Gasteiger partial charge in [0.25, 0.3) is 0 Å². The van der Waals surface area contributed by atoms with Gasteiger partial charge in [0.1, 0.15) is 0 Å². The summed E-state index contributed by atoms with van der Waals surface area (Å²) in [6.45, 7) is 22.5. The molecule has 0 fully saturated rings. The van der Waals surface area contributed by atoms with Crippen LogP contribution >= 0.6 is 0 Å². The summed E-state index contributed by atoms with van der Waals surface area (Å²) in [6.07, 6.45) is 0. The van der Waals surface area contributed by atoms with Crippen LogP contribution in [0.5, 0.6) is 0 Å². The van der Waals surface area contributed by atoms with Gasteiger partial charge in [-0.2, -0.15) is 0 Å². The van der Waals surface area contributed by atoms with Crippen molar-refractivity contribution in [2.24, 2.45) is 0 Å². The van der Waals surface area contributed by atoms with Crippen LogP contribution in [-0.2, 0) is 44.3 Å². The van der Waals surface area contributed by atoms with Gasteiger partial charge in [0.2, 0.25) is 0 Å². The van der Waals surface area contributed by atoms with Crippen LogP contribution in [0, 0.1) is 33.3 Å². The zero-order valence-electron chi connectivity index (χ0n) is 5.33. The van der Waals surface area contributed by atoms with Crippen LogP contribution in [0.1, 0.15) is 0 Å². The first-order valence-corrected chi connectivity index (χ1v) is 1.02. The zero-order chi connectivity index (χ0) is 10.0. The smallest absolute Gasteiger partial charge is 0 e. The maximum absolute atomic E-state index is 7.50. The minimum Gasteiger partial charge on any atom is 0 e. The van der Waals surface area contributed by atoms with Crippen molar-refractivity contribution in [1.29, 1.82) is 0 Å². The Balaban J connectivity index is -0.00000000500. The first-order chi connectivity index (χ1) is 5.00. The number of hydrogen-bond donors (Lipinski definition) is 0. The molecule has 0 rings (SSSR count). The average Bonchev–Trinajstić information content (AvgIpc) is 2.20. The van der Waals surface area contributed by atoms with Gasteiger partial charge in [0, 0.05) is 21.1 Å². The van der Waals surface area contributed by atoms with E-state index >= 15 is 0 Å². The third-order valence-corrected chi connectivity index (χ3v) is 0. The minimum atomic E-state index is 0. The van der Waals surface area contributed by atoms with E-state index in [0.717, 1.165) is 0 Å². The summed E-state index contributed by atoms with van der Waals surface area (Å²) < 4.78 is 37.5. The summed E-state index contributed by atoms with van der Waals surface area (Å²) in [5.74, 6) is 0. The van der Waals surface area contributed by atoms with E-state index in [0.29, 0.717) is 0 Å². The molecule has 0 aliphatic heterocycles. The van der Waals surface area contributed by atoms with Crippen LogP contribution in [-0.4, -0.2) is 0 Å². The van der Waals surface area contributed by atoms with Gasteiger partial charge in [-0.25, -0.2) is 0 Å². The van der Waals surface area contributed by atoms with Crippen molar-refractivity contribution in [3.63, 3.8) is 0 Å². The fraction of sp³-hybridized carbons (Fsp3) is 0. The molecule has 12 heavy (non-hydrogen) atoms. The maximum Gasteiger partial charge on any atom is 0 e. The van der Waals surface area contributed by atoms with Gasteiger partial charge in [-0.15, -0.1) is 0 Å². The summed E-state index contributed by atoms with van der Waals surface area (Å²) >= 11 is 0. The van der Waals surface area contributed by atoms with Crippen molar-refractivity contribution in [3.05, 3.63) is 33.3 Å². The van der Waals surface area contributed by atoms with Crippen LogP contribution in [0.3, 0.4) is 0 Å². The third-order valence-electron chi connectivity index (χ3n) is 0. The predicted molar refractivity (Wildman–Crippen MR) is 19.6 cm³/mol. The zero-order valence-corrected chi connectivity index (χ0v) is 9.85. The molecule has 0 aromatic rings. The molecule has 0 aromatic heterocycles. The van der Waals surface area contributed by atoms with Crippen LogP contribution < -0.4 is 17.0 Å². The van der Waals surface area contributed by atoms with Crippen LogP contribution in [0.4, 0.5) is 0 Å². The van der Waals surface area contributed by atoms with E-state index in [1.165, 1.54) is 0 Å². The first-order valence-electron chi connectivity index (χ1n) is 1.02. The molecule has 0 spiro atoms. The van der Waals surface area contributed by atoms with Crippen molar-refractivity contribution >= 4 is 0 Å². The summed E-state index contributed by atoms with van der Waals surface area (Å²) in [6, 6.07) is 0. The molecule has 0 aromatic carbocycles. The van der Waals surface area contributed by atoms with Gasteiger partial charge in [0.05, 0.1) is 0 Å². The molecule has 0 radical (unpaired) electrons. The average molecular weight is 404 g/mol. The van der Waals surface area contributed by atoms with Gasteiger partial charge in [0.15, 0.2) is 0 Å². The monoisotopic (exact) mass is 403 g/mol. The molecule has 5 nitrogen and oxygen atoms in total.